The van der Waals surface area contributed by atoms with Gasteiger partial charge in [-0.05, 0) is 55.2 Å². The highest BCUT2D eigenvalue weighted by molar-refractivity contribution is 7.89. The summed E-state index contributed by atoms with van der Waals surface area (Å²) in [5, 5.41) is 25.6. The van der Waals surface area contributed by atoms with Crippen LogP contribution < -0.4 is 14.8 Å². The zero-order chi connectivity index (χ0) is 34.1. The van der Waals surface area contributed by atoms with Crippen LogP contribution in [0, 0.1) is 17.3 Å². The number of carboxylic acid groups (broad SMARTS) is 1. The Morgan fingerprint density at radius 2 is 1.79 bits per heavy atom. The van der Waals surface area contributed by atoms with Crippen molar-refractivity contribution >= 4 is 22.0 Å². The number of ether oxygens (including phenoxy) is 4. The van der Waals surface area contributed by atoms with Crippen LogP contribution in [0.15, 0.2) is 53.4 Å². The molecule has 14 heteroatoms. The van der Waals surface area contributed by atoms with Gasteiger partial charge in [0.05, 0.1) is 36.3 Å². The lowest BCUT2D eigenvalue weighted by atomic mass is 9.89. The fourth-order valence-electron chi connectivity index (χ4n) is 6.87. The Hall–Kier alpha value is -3.43. The van der Waals surface area contributed by atoms with Gasteiger partial charge in [0.15, 0.2) is 17.8 Å². The van der Waals surface area contributed by atoms with Crippen molar-refractivity contribution in [3.63, 3.8) is 0 Å². The molecule has 5 atom stereocenters. The smallest absolute Gasteiger partial charge is 0.407 e. The third kappa shape index (κ3) is 7.73. The summed E-state index contributed by atoms with van der Waals surface area (Å²) in [6.45, 7) is 4.34. The molecule has 1 aliphatic carbocycles. The molecule has 0 aromatic heterocycles. The van der Waals surface area contributed by atoms with Gasteiger partial charge in [-0.25, -0.2) is 13.2 Å². The standard InChI is InChI=1S/C34H45N3O10S/c1-34(2,13-14-35-31(39)23-8-9-23)20-36(48(42,43)24-10-11-29-30(17-24)47-21-46-29)18-28(38)26(16-22-6-4-3-5-7-22)37(33(40)41)27-19-45-32-25(27)12-15-44-32/h3-7,10-11,17,23,25-28,32,38H,8-9,12-16,18-21H2,1-2H3,(H,35,39)(H,40,41)/t25-,26-,27-,28+,32+/m0/s1. The molecule has 3 aliphatic heterocycles. The minimum absolute atomic E-state index is 0.00363. The Labute approximate surface area is 281 Å². The number of amides is 2. The topological polar surface area (TPSA) is 164 Å². The molecule has 1 saturated carbocycles. The van der Waals surface area contributed by atoms with E-state index in [9.17, 15) is 28.2 Å². The fourth-order valence-corrected chi connectivity index (χ4v) is 8.53. The number of sulfonamides is 1. The molecule has 2 saturated heterocycles. The normalized spacial score (nSPS) is 23.1. The van der Waals surface area contributed by atoms with Gasteiger partial charge in [0.1, 0.15) is 0 Å². The molecule has 0 spiro atoms. The summed E-state index contributed by atoms with van der Waals surface area (Å²) in [6.07, 6.45) is -0.158. The second-order valence-electron chi connectivity index (χ2n) is 13.9. The van der Waals surface area contributed by atoms with Gasteiger partial charge in [-0.1, -0.05) is 44.2 Å². The quantitative estimate of drug-likeness (QED) is 0.254. The first-order valence-electron chi connectivity index (χ1n) is 16.6. The van der Waals surface area contributed by atoms with Crippen LogP contribution in [0.25, 0.3) is 0 Å². The molecule has 0 radical (unpaired) electrons. The van der Waals surface area contributed by atoms with E-state index in [1.807, 2.05) is 44.2 Å². The number of benzene rings is 2. The van der Waals surface area contributed by atoms with E-state index in [0.717, 1.165) is 18.4 Å². The SMILES string of the molecule is CC(C)(CCNC(=O)C1CC1)CN(C[C@@H](O)[C@H](Cc1ccccc1)N(C(=O)O)[C@H]1CO[C@H]2OCC[C@H]21)S(=O)(=O)c1ccc2c(c1)OCO2. The van der Waals surface area contributed by atoms with Gasteiger partial charge < -0.3 is 34.5 Å². The van der Waals surface area contributed by atoms with E-state index >= 15 is 0 Å². The molecular weight excluding hydrogens is 642 g/mol. The van der Waals surface area contributed by atoms with E-state index in [4.69, 9.17) is 18.9 Å². The summed E-state index contributed by atoms with van der Waals surface area (Å²) >= 11 is 0. The second-order valence-corrected chi connectivity index (χ2v) is 15.8. The Balaban J connectivity index is 1.30. The minimum Gasteiger partial charge on any atom is -0.465 e. The summed E-state index contributed by atoms with van der Waals surface area (Å²) < 4.78 is 52.3. The third-order valence-corrected chi connectivity index (χ3v) is 11.5. The summed E-state index contributed by atoms with van der Waals surface area (Å²) in [4.78, 5) is 26.5. The van der Waals surface area contributed by atoms with Crippen LogP contribution in [-0.4, -0.2) is 104 Å². The van der Waals surface area contributed by atoms with E-state index in [1.165, 1.54) is 27.4 Å². The average molecular weight is 688 g/mol. The van der Waals surface area contributed by atoms with Crippen molar-refractivity contribution in [2.75, 3.05) is 39.6 Å². The van der Waals surface area contributed by atoms with Crippen LogP contribution in [0.2, 0.25) is 0 Å². The van der Waals surface area contributed by atoms with Crippen molar-refractivity contribution in [3.8, 4) is 11.5 Å². The van der Waals surface area contributed by atoms with Crippen molar-refractivity contribution in [2.24, 2.45) is 17.3 Å². The predicted molar refractivity (Wildman–Crippen MR) is 173 cm³/mol. The molecule has 6 rings (SSSR count). The van der Waals surface area contributed by atoms with Crippen LogP contribution in [0.4, 0.5) is 4.79 Å². The number of hydrogen-bond acceptors (Lipinski definition) is 9. The maximum absolute atomic E-state index is 14.4. The van der Waals surface area contributed by atoms with Crippen molar-refractivity contribution in [2.45, 2.75) is 75.3 Å². The summed E-state index contributed by atoms with van der Waals surface area (Å²) in [5.74, 6) is 0.591. The van der Waals surface area contributed by atoms with E-state index in [-0.39, 0.29) is 55.5 Å². The van der Waals surface area contributed by atoms with E-state index in [0.29, 0.717) is 37.5 Å². The molecule has 4 aliphatic rings. The van der Waals surface area contributed by atoms with Crippen molar-refractivity contribution in [1.82, 2.24) is 14.5 Å². The number of fused-ring (bicyclic) bond motifs is 2. The van der Waals surface area contributed by atoms with E-state index in [2.05, 4.69) is 5.32 Å². The lowest BCUT2D eigenvalue weighted by Crippen LogP contribution is -2.58. The van der Waals surface area contributed by atoms with Gasteiger partial charge in [0, 0.05) is 37.5 Å². The van der Waals surface area contributed by atoms with Crippen LogP contribution in [-0.2, 0) is 30.7 Å². The predicted octanol–water partition coefficient (Wildman–Crippen LogP) is 3.06. The summed E-state index contributed by atoms with van der Waals surface area (Å²) in [7, 11) is -4.24. The van der Waals surface area contributed by atoms with E-state index in [1.54, 1.807) is 0 Å². The van der Waals surface area contributed by atoms with Crippen LogP contribution >= 0.6 is 0 Å². The van der Waals surface area contributed by atoms with Gasteiger partial charge in [0.25, 0.3) is 0 Å². The van der Waals surface area contributed by atoms with Crippen molar-refractivity contribution < 1.29 is 47.2 Å². The van der Waals surface area contributed by atoms with Gasteiger partial charge in [-0.3, -0.25) is 9.69 Å². The highest BCUT2D eigenvalue weighted by Crippen LogP contribution is 2.38. The number of aliphatic hydroxyl groups is 1. The minimum atomic E-state index is -4.24. The first kappa shape index (κ1) is 34.4. The lowest BCUT2D eigenvalue weighted by Gasteiger charge is -2.40. The zero-order valence-corrected chi connectivity index (χ0v) is 28.1. The molecule has 2 aromatic rings. The van der Waals surface area contributed by atoms with Gasteiger partial charge in [0.2, 0.25) is 22.7 Å². The molecule has 0 unspecified atom stereocenters. The van der Waals surface area contributed by atoms with Crippen LogP contribution in [0.1, 0.15) is 45.1 Å². The zero-order valence-electron chi connectivity index (χ0n) is 27.3. The third-order valence-electron chi connectivity index (χ3n) is 9.70. The highest BCUT2D eigenvalue weighted by atomic mass is 32.2. The molecular formula is C34H45N3O10S. The first-order valence-corrected chi connectivity index (χ1v) is 18.0. The average Bonchev–Trinajstić information content (AvgIpc) is 3.42. The Morgan fingerprint density at radius 3 is 2.52 bits per heavy atom. The first-order chi connectivity index (χ1) is 22.9. The molecule has 3 heterocycles. The molecule has 2 amide bonds. The van der Waals surface area contributed by atoms with Gasteiger partial charge >= 0.3 is 6.09 Å². The summed E-state index contributed by atoms with van der Waals surface area (Å²) in [6, 6.07) is 12.0. The number of carbonyl (C=O) groups excluding carboxylic acids is 1. The molecule has 0 bridgehead atoms. The van der Waals surface area contributed by atoms with Crippen LogP contribution in [0.3, 0.4) is 0 Å². The molecule has 13 nitrogen and oxygen atoms in total. The number of hydrogen-bond donors (Lipinski definition) is 3. The molecule has 2 aromatic carbocycles. The molecule has 3 N–H and O–H groups in total. The van der Waals surface area contributed by atoms with Crippen molar-refractivity contribution in [3.05, 3.63) is 54.1 Å². The van der Waals surface area contributed by atoms with Crippen LogP contribution in [0.5, 0.6) is 11.5 Å². The number of carbonyl (C=O) groups is 2. The molecule has 262 valence electrons. The fraction of sp³-hybridized carbons (Fsp3) is 0.588. The number of nitrogens with one attached hydrogen (secondary N) is 1. The number of nitrogens with zero attached hydrogens (tertiary/aromatic N) is 2. The Kier molecular flexibility index (Phi) is 10.2. The van der Waals surface area contributed by atoms with Gasteiger partial charge in [-0.2, -0.15) is 4.31 Å². The summed E-state index contributed by atoms with van der Waals surface area (Å²) in [5.41, 5.74) is 0.164. The Morgan fingerprint density at radius 1 is 1.04 bits per heavy atom. The van der Waals surface area contributed by atoms with Crippen molar-refractivity contribution in [1.29, 1.82) is 0 Å². The maximum atomic E-state index is 14.4. The highest BCUT2D eigenvalue weighted by Gasteiger charge is 2.49. The van der Waals surface area contributed by atoms with E-state index < -0.39 is 46.0 Å². The second kappa shape index (κ2) is 14.2. The largest absolute Gasteiger partial charge is 0.465 e. The van der Waals surface area contributed by atoms with Gasteiger partial charge in [-0.15, -0.1) is 0 Å². The lowest BCUT2D eigenvalue weighted by molar-refractivity contribution is -0.122. The molecule has 48 heavy (non-hydrogen) atoms. The Bertz CT molecular complexity index is 1570. The molecule has 3 fully saturated rings. The number of rotatable bonds is 15. The maximum Gasteiger partial charge on any atom is 0.407 e. The number of aliphatic hydroxyl groups excluding tert-OH is 1. The monoisotopic (exact) mass is 687 g/mol.